The second kappa shape index (κ2) is 6.65. The van der Waals surface area contributed by atoms with E-state index < -0.39 is 17.4 Å². The molecule has 0 saturated carbocycles. The minimum atomic E-state index is -1.05. The van der Waals surface area contributed by atoms with Crippen molar-refractivity contribution in [2.24, 2.45) is 16.8 Å². The summed E-state index contributed by atoms with van der Waals surface area (Å²) in [5.74, 6) is -1.70. The number of nitriles is 2. The summed E-state index contributed by atoms with van der Waals surface area (Å²) in [7, 11) is 0. The van der Waals surface area contributed by atoms with Crippen molar-refractivity contribution in [3.63, 3.8) is 0 Å². The molecule has 0 spiro atoms. The fourth-order valence-corrected chi connectivity index (χ4v) is 0.915. The quantitative estimate of drug-likeness (QED) is 0.536. The van der Waals surface area contributed by atoms with E-state index in [4.69, 9.17) is 15.3 Å². The third-order valence-electron chi connectivity index (χ3n) is 2.52. The molecule has 0 aliphatic rings. The topological polar surface area (TPSA) is 86.2 Å². The van der Waals surface area contributed by atoms with E-state index in [-0.39, 0.29) is 12.5 Å². The van der Waals surface area contributed by atoms with Gasteiger partial charge in [0.1, 0.15) is 5.54 Å². The Kier molecular flexibility index (Phi) is 5.91. The lowest BCUT2D eigenvalue weighted by Crippen LogP contribution is -2.28. The maximum Gasteiger partial charge on any atom is 0.328 e. The van der Waals surface area contributed by atoms with Crippen LogP contribution in [0.3, 0.4) is 0 Å². The predicted octanol–water partition coefficient (Wildman–Crippen LogP) is 1.70. The highest BCUT2D eigenvalue weighted by Gasteiger charge is 2.27. The summed E-state index contributed by atoms with van der Waals surface area (Å²) in [4.78, 5) is 15.4. The van der Waals surface area contributed by atoms with E-state index in [0.717, 1.165) is 0 Å². The number of ether oxygens (including phenoxy) is 1. The largest absolute Gasteiger partial charge is 0.465 e. The van der Waals surface area contributed by atoms with Gasteiger partial charge in [-0.05, 0) is 19.8 Å². The van der Waals surface area contributed by atoms with Gasteiger partial charge in [0, 0.05) is 6.21 Å². The molecule has 0 bridgehead atoms. The van der Waals surface area contributed by atoms with Crippen LogP contribution in [0, 0.1) is 34.5 Å². The van der Waals surface area contributed by atoms with Crippen LogP contribution in [-0.4, -0.2) is 24.3 Å². The van der Waals surface area contributed by atoms with Crippen molar-refractivity contribution in [3.8, 4) is 12.1 Å². The van der Waals surface area contributed by atoms with E-state index in [9.17, 15) is 4.79 Å². The van der Waals surface area contributed by atoms with Gasteiger partial charge in [-0.1, -0.05) is 13.8 Å². The molecule has 0 radical (unpaired) electrons. The average molecular weight is 235 g/mol. The van der Waals surface area contributed by atoms with Gasteiger partial charge in [0.15, 0.2) is 5.92 Å². The monoisotopic (exact) mass is 235 g/mol. The molecular formula is C12H17N3O2. The number of carbonyl (C=O) groups excluding carboxylic acids is 1. The van der Waals surface area contributed by atoms with Crippen molar-refractivity contribution >= 4 is 12.2 Å². The first-order chi connectivity index (χ1) is 7.91. The Morgan fingerprint density at radius 3 is 2.47 bits per heavy atom. The Morgan fingerprint density at radius 2 is 2.12 bits per heavy atom. The lowest BCUT2D eigenvalue weighted by molar-refractivity contribution is -0.143. The highest BCUT2D eigenvalue weighted by Crippen LogP contribution is 2.20. The molecule has 5 nitrogen and oxygen atoms in total. The third kappa shape index (κ3) is 4.24. The van der Waals surface area contributed by atoms with Gasteiger partial charge in [0.25, 0.3) is 0 Å². The Balaban J connectivity index is 4.86. The van der Waals surface area contributed by atoms with Crippen LogP contribution in [0.5, 0.6) is 0 Å². The van der Waals surface area contributed by atoms with Gasteiger partial charge >= 0.3 is 5.97 Å². The Bertz CT molecular complexity index is 376. The number of nitrogens with zero attached hydrogens (tertiary/aromatic N) is 3. The van der Waals surface area contributed by atoms with Crippen LogP contribution in [0.15, 0.2) is 4.99 Å². The molecule has 0 fully saturated rings. The molecule has 17 heavy (non-hydrogen) atoms. The first-order valence-corrected chi connectivity index (χ1v) is 5.44. The summed E-state index contributed by atoms with van der Waals surface area (Å²) < 4.78 is 4.72. The Morgan fingerprint density at radius 1 is 1.53 bits per heavy atom. The van der Waals surface area contributed by atoms with E-state index in [1.54, 1.807) is 19.9 Å². The SMILES string of the molecule is CCOC(=O)[C@H](C#N)C=N[C@](C)(C#N)C(C)C. The maximum atomic E-state index is 11.3. The third-order valence-corrected chi connectivity index (χ3v) is 2.52. The van der Waals surface area contributed by atoms with Gasteiger partial charge in [-0.25, -0.2) is 0 Å². The van der Waals surface area contributed by atoms with Gasteiger partial charge in [0.05, 0.1) is 18.7 Å². The van der Waals surface area contributed by atoms with Gasteiger partial charge in [0.2, 0.25) is 0 Å². The molecule has 0 aromatic carbocycles. The zero-order valence-electron chi connectivity index (χ0n) is 10.6. The molecule has 0 heterocycles. The number of hydrogen-bond acceptors (Lipinski definition) is 5. The Labute approximate surface area is 102 Å². The lowest BCUT2D eigenvalue weighted by Gasteiger charge is -2.20. The number of hydrogen-bond donors (Lipinski definition) is 0. The van der Waals surface area contributed by atoms with Crippen LogP contribution >= 0.6 is 0 Å². The van der Waals surface area contributed by atoms with Crippen LogP contribution in [0.2, 0.25) is 0 Å². The van der Waals surface area contributed by atoms with Crippen LogP contribution in [0.25, 0.3) is 0 Å². The summed E-state index contributed by atoms with van der Waals surface area (Å²) in [5, 5.41) is 17.8. The number of aliphatic imine (C=N–C) groups is 1. The first-order valence-electron chi connectivity index (χ1n) is 5.44. The van der Waals surface area contributed by atoms with E-state index in [0.29, 0.717) is 0 Å². The van der Waals surface area contributed by atoms with Crippen LogP contribution in [0.4, 0.5) is 0 Å². The molecule has 92 valence electrons. The highest BCUT2D eigenvalue weighted by molar-refractivity contribution is 5.93. The molecule has 0 unspecified atom stereocenters. The average Bonchev–Trinajstić information content (AvgIpc) is 2.29. The molecule has 0 aromatic rings. The smallest absolute Gasteiger partial charge is 0.328 e. The summed E-state index contributed by atoms with van der Waals surface area (Å²) in [6, 6.07) is 3.86. The van der Waals surface area contributed by atoms with Gasteiger partial charge in [-0.3, -0.25) is 9.79 Å². The van der Waals surface area contributed by atoms with Crippen LogP contribution in [0.1, 0.15) is 27.7 Å². The number of esters is 1. The molecule has 0 rings (SSSR count). The van der Waals surface area contributed by atoms with E-state index >= 15 is 0 Å². The summed E-state index contributed by atoms with van der Waals surface area (Å²) in [5.41, 5.74) is -0.929. The molecule has 0 aromatic heterocycles. The van der Waals surface area contributed by atoms with Crippen molar-refractivity contribution in [3.05, 3.63) is 0 Å². The molecule has 5 heteroatoms. The molecule has 0 saturated heterocycles. The first kappa shape index (κ1) is 15.1. The van der Waals surface area contributed by atoms with E-state index in [2.05, 4.69) is 11.1 Å². The van der Waals surface area contributed by atoms with Gasteiger partial charge in [-0.15, -0.1) is 0 Å². The zero-order chi connectivity index (χ0) is 13.5. The second-order valence-electron chi connectivity index (χ2n) is 4.05. The summed E-state index contributed by atoms with van der Waals surface area (Å²) in [6.45, 7) is 7.24. The summed E-state index contributed by atoms with van der Waals surface area (Å²) in [6.07, 6.45) is 1.20. The number of carbonyl (C=O) groups is 1. The fourth-order valence-electron chi connectivity index (χ4n) is 0.915. The number of rotatable bonds is 5. The molecule has 0 amide bonds. The van der Waals surface area contributed by atoms with Crippen LogP contribution in [-0.2, 0) is 9.53 Å². The second-order valence-corrected chi connectivity index (χ2v) is 4.05. The van der Waals surface area contributed by atoms with E-state index in [1.165, 1.54) is 6.21 Å². The summed E-state index contributed by atoms with van der Waals surface area (Å²) >= 11 is 0. The van der Waals surface area contributed by atoms with Gasteiger partial charge < -0.3 is 4.74 Å². The maximum absolute atomic E-state index is 11.3. The predicted molar refractivity (Wildman–Crippen MR) is 63.1 cm³/mol. The molecular weight excluding hydrogens is 218 g/mol. The zero-order valence-corrected chi connectivity index (χ0v) is 10.6. The molecule has 0 N–H and O–H groups in total. The molecule has 0 aliphatic carbocycles. The van der Waals surface area contributed by atoms with Crippen molar-refractivity contribution in [2.45, 2.75) is 33.2 Å². The normalized spacial score (nSPS) is 15.9. The Hall–Kier alpha value is -1.88. The minimum Gasteiger partial charge on any atom is -0.465 e. The van der Waals surface area contributed by atoms with Crippen molar-refractivity contribution in [1.82, 2.24) is 0 Å². The fraction of sp³-hybridized carbons (Fsp3) is 0.667. The molecule has 0 aliphatic heterocycles. The standard InChI is InChI=1S/C12H17N3O2/c1-5-17-11(16)10(6-13)7-15-12(4,8-14)9(2)3/h7,9-10H,5H2,1-4H3/t10-,12-/m1/s1. The van der Waals surface area contributed by atoms with Crippen LogP contribution < -0.4 is 0 Å². The highest BCUT2D eigenvalue weighted by atomic mass is 16.5. The van der Waals surface area contributed by atoms with Crippen molar-refractivity contribution in [1.29, 1.82) is 10.5 Å². The van der Waals surface area contributed by atoms with Crippen molar-refractivity contribution in [2.75, 3.05) is 6.61 Å². The van der Waals surface area contributed by atoms with Gasteiger partial charge in [-0.2, -0.15) is 10.5 Å². The van der Waals surface area contributed by atoms with Crippen molar-refractivity contribution < 1.29 is 9.53 Å². The molecule has 2 atom stereocenters. The lowest BCUT2D eigenvalue weighted by atomic mass is 9.91. The minimum absolute atomic E-state index is 0.00899. The van der Waals surface area contributed by atoms with E-state index in [1.807, 2.05) is 13.8 Å².